The van der Waals surface area contributed by atoms with Crippen LogP contribution in [-0.4, -0.2) is 37.8 Å². The molecule has 182 valence electrons. The maximum absolute atomic E-state index is 14.0. The topological polar surface area (TPSA) is 118 Å². The maximum atomic E-state index is 14.0. The van der Waals surface area contributed by atoms with Crippen molar-refractivity contribution in [2.45, 2.75) is 5.92 Å². The Bertz CT molecular complexity index is 1260. The van der Waals surface area contributed by atoms with Crippen LogP contribution in [-0.2, 0) is 19.1 Å². The number of carbonyl (C=O) groups excluding carboxylic acids is 3. The van der Waals surface area contributed by atoms with Crippen LogP contribution in [0.3, 0.4) is 0 Å². The van der Waals surface area contributed by atoms with Crippen molar-refractivity contribution >= 4 is 67.1 Å². The third-order valence-electron chi connectivity index (χ3n) is 5.07. The minimum atomic E-state index is -1.31. The summed E-state index contributed by atoms with van der Waals surface area (Å²) in [6, 6.07) is 11.2. The second kappa shape index (κ2) is 11.7. The van der Waals surface area contributed by atoms with Crippen LogP contribution in [0.1, 0.15) is 11.5 Å². The van der Waals surface area contributed by atoms with Gasteiger partial charge in [0.25, 0.3) is 0 Å². The lowest BCUT2D eigenvalue weighted by molar-refractivity contribution is -0.150. The van der Waals surface area contributed by atoms with E-state index in [9.17, 15) is 24.0 Å². The molecule has 0 unspecified atom stereocenters. The van der Waals surface area contributed by atoms with E-state index in [1.165, 1.54) is 19.2 Å². The van der Waals surface area contributed by atoms with Crippen LogP contribution in [0.5, 0.6) is 5.75 Å². The molecule has 8 nitrogen and oxygen atoms in total. The minimum Gasteiger partial charge on any atom is -0.496 e. The Morgan fingerprint density at radius 3 is 2.57 bits per heavy atom. The number of hydrogen-bond acceptors (Lipinski definition) is 7. The van der Waals surface area contributed by atoms with E-state index in [0.29, 0.717) is 20.3 Å². The molecule has 0 fully saturated rings. The summed E-state index contributed by atoms with van der Waals surface area (Å²) < 4.78 is 25.2. The lowest BCUT2D eigenvalue weighted by atomic mass is 9.78. The first-order valence-electron chi connectivity index (χ1n) is 9.94. The van der Waals surface area contributed by atoms with Crippen molar-refractivity contribution < 1.29 is 28.2 Å². The summed E-state index contributed by atoms with van der Waals surface area (Å²) in [7, 11) is 2.65. The Balaban J connectivity index is 1.92. The highest BCUT2D eigenvalue weighted by Gasteiger charge is 2.44. The van der Waals surface area contributed by atoms with Gasteiger partial charge in [-0.3, -0.25) is 14.4 Å². The molecule has 0 bridgehead atoms. The van der Waals surface area contributed by atoms with Crippen molar-refractivity contribution in [3.63, 3.8) is 0 Å². The number of rotatable bonds is 7. The van der Waals surface area contributed by atoms with Gasteiger partial charge in [0.2, 0.25) is 11.8 Å². The number of ether oxygens (including phenoxy) is 2. The fraction of sp³-hybridized carbons (Fsp3) is 0.217. The van der Waals surface area contributed by atoms with E-state index in [1.54, 1.807) is 24.3 Å². The highest BCUT2D eigenvalue weighted by atomic mass is 79.9. The number of amides is 2. The molecule has 1 aliphatic heterocycles. The Kier molecular flexibility index (Phi) is 8.93. The summed E-state index contributed by atoms with van der Waals surface area (Å²) >= 11 is 7.42. The summed E-state index contributed by atoms with van der Waals surface area (Å²) in [5.74, 6) is -4.62. The van der Waals surface area contributed by atoms with E-state index >= 15 is 0 Å². The molecule has 35 heavy (non-hydrogen) atoms. The molecule has 2 amide bonds. The van der Waals surface area contributed by atoms with Crippen LogP contribution in [0.4, 0.5) is 10.1 Å². The Morgan fingerprint density at radius 2 is 1.97 bits per heavy atom. The molecule has 2 atom stereocenters. The first-order chi connectivity index (χ1) is 16.7. The van der Waals surface area contributed by atoms with Gasteiger partial charge in [0.05, 0.1) is 46.8 Å². The molecular formula is C23H18Br2FN3O5S. The molecule has 0 aromatic heterocycles. The van der Waals surface area contributed by atoms with Crippen LogP contribution in [0, 0.1) is 23.1 Å². The van der Waals surface area contributed by atoms with Crippen molar-refractivity contribution in [3.8, 4) is 11.8 Å². The van der Waals surface area contributed by atoms with Crippen LogP contribution < -0.4 is 15.4 Å². The molecule has 3 rings (SSSR count). The van der Waals surface area contributed by atoms with E-state index < -0.39 is 35.4 Å². The normalized spacial score (nSPS) is 17.3. The van der Waals surface area contributed by atoms with Crippen molar-refractivity contribution in [3.05, 3.63) is 67.3 Å². The van der Waals surface area contributed by atoms with Gasteiger partial charge in [0.15, 0.2) is 0 Å². The number of esters is 1. The molecule has 0 aliphatic carbocycles. The highest BCUT2D eigenvalue weighted by Crippen LogP contribution is 2.42. The van der Waals surface area contributed by atoms with Gasteiger partial charge in [-0.25, -0.2) is 4.39 Å². The first-order valence-corrected chi connectivity index (χ1v) is 12.5. The van der Waals surface area contributed by atoms with Crippen molar-refractivity contribution in [1.29, 1.82) is 5.26 Å². The van der Waals surface area contributed by atoms with Gasteiger partial charge in [-0.2, -0.15) is 5.26 Å². The molecule has 2 N–H and O–H groups in total. The fourth-order valence-electron chi connectivity index (χ4n) is 3.47. The second-order valence-electron chi connectivity index (χ2n) is 7.18. The zero-order valence-electron chi connectivity index (χ0n) is 18.4. The van der Waals surface area contributed by atoms with Gasteiger partial charge in [-0.15, -0.1) is 0 Å². The van der Waals surface area contributed by atoms with Gasteiger partial charge in [-0.05, 0) is 51.8 Å². The summed E-state index contributed by atoms with van der Waals surface area (Å²) in [4.78, 5) is 37.8. The average Bonchev–Trinajstić information content (AvgIpc) is 2.83. The molecule has 1 aliphatic rings. The number of thioether (sulfide) groups is 1. The van der Waals surface area contributed by atoms with Crippen molar-refractivity contribution in [2.75, 3.05) is 25.3 Å². The lowest BCUT2D eigenvalue weighted by Crippen LogP contribution is -2.44. The molecule has 1 heterocycles. The molecule has 0 radical (unpaired) electrons. The first kappa shape index (κ1) is 26.7. The Labute approximate surface area is 221 Å². The third kappa shape index (κ3) is 6.04. The largest absolute Gasteiger partial charge is 0.496 e. The van der Waals surface area contributed by atoms with Gasteiger partial charge < -0.3 is 20.1 Å². The Hall–Kier alpha value is -2.88. The number of halogens is 3. The van der Waals surface area contributed by atoms with Gasteiger partial charge in [0, 0.05) is 10.4 Å². The zero-order valence-corrected chi connectivity index (χ0v) is 22.3. The quantitative estimate of drug-likeness (QED) is 0.344. The molecule has 2 aromatic carbocycles. The number of anilines is 1. The van der Waals surface area contributed by atoms with E-state index in [2.05, 4.69) is 48.6 Å². The predicted molar refractivity (Wildman–Crippen MR) is 135 cm³/mol. The number of nitrogens with one attached hydrogen (secondary N) is 2. The monoisotopic (exact) mass is 625 g/mol. The molecule has 0 saturated carbocycles. The number of nitrogens with zero attached hydrogens (tertiary/aromatic N) is 1. The fourth-order valence-corrected chi connectivity index (χ4v) is 5.21. The van der Waals surface area contributed by atoms with Crippen LogP contribution in [0.2, 0.25) is 0 Å². The van der Waals surface area contributed by atoms with Crippen molar-refractivity contribution in [1.82, 2.24) is 5.32 Å². The zero-order chi connectivity index (χ0) is 25.7. The summed E-state index contributed by atoms with van der Waals surface area (Å²) in [6.45, 7) is 0. The maximum Gasteiger partial charge on any atom is 0.319 e. The summed E-state index contributed by atoms with van der Waals surface area (Å²) in [5, 5.41) is 15.1. The molecule has 0 spiro atoms. The third-order valence-corrected chi connectivity index (χ3v) is 7.20. The summed E-state index contributed by atoms with van der Waals surface area (Å²) in [5.41, 5.74) is 0.580. The van der Waals surface area contributed by atoms with Crippen molar-refractivity contribution in [2.24, 2.45) is 5.92 Å². The minimum absolute atomic E-state index is 0.00678. The SMILES string of the molecule is COC(=O)[C@H]1C(=O)NC(SCC(=O)Nc2ccc(Br)cc2F)=C(C#N)[C@@H]1c1ccc(OC)c(Br)c1. The van der Waals surface area contributed by atoms with E-state index in [4.69, 9.17) is 9.47 Å². The van der Waals surface area contributed by atoms with E-state index in [1.807, 2.05) is 0 Å². The molecule has 12 heteroatoms. The van der Waals surface area contributed by atoms with Crippen LogP contribution >= 0.6 is 43.6 Å². The number of hydrogen-bond donors (Lipinski definition) is 2. The van der Waals surface area contributed by atoms with E-state index in [-0.39, 0.29) is 22.0 Å². The van der Waals surface area contributed by atoms with E-state index in [0.717, 1.165) is 18.9 Å². The number of carbonyl (C=O) groups is 3. The summed E-state index contributed by atoms with van der Waals surface area (Å²) in [6.07, 6.45) is 0. The second-order valence-corrected chi connectivity index (χ2v) is 9.93. The number of nitriles is 1. The standard InChI is InChI=1S/C23H18Br2FN3O5S/c1-33-17-6-3-11(7-14(17)25)19-13(9-27)22(29-21(31)20(19)23(32)34-2)35-10-18(30)28-16-5-4-12(24)8-15(16)26/h3-8,19-20H,10H2,1-2H3,(H,28,30)(H,29,31)/t19-,20+/m0/s1. The predicted octanol–water partition coefficient (Wildman–Crippen LogP) is 4.47. The smallest absolute Gasteiger partial charge is 0.319 e. The Morgan fingerprint density at radius 1 is 1.23 bits per heavy atom. The van der Waals surface area contributed by atoms with Gasteiger partial charge in [-0.1, -0.05) is 33.8 Å². The molecular weight excluding hydrogens is 609 g/mol. The van der Waals surface area contributed by atoms with Gasteiger partial charge in [0.1, 0.15) is 17.5 Å². The van der Waals surface area contributed by atoms with Crippen LogP contribution in [0.25, 0.3) is 0 Å². The molecule has 0 saturated heterocycles. The number of allylic oxidation sites excluding steroid dienone is 1. The highest BCUT2D eigenvalue weighted by molar-refractivity contribution is 9.10. The number of methoxy groups -OCH3 is 2. The average molecular weight is 627 g/mol. The van der Waals surface area contributed by atoms with Crippen LogP contribution in [0.15, 0.2) is 55.9 Å². The molecule has 2 aromatic rings. The lowest BCUT2D eigenvalue weighted by Gasteiger charge is -2.31. The number of benzene rings is 2. The van der Waals surface area contributed by atoms with Gasteiger partial charge >= 0.3 is 5.97 Å².